The van der Waals surface area contributed by atoms with Crippen LogP contribution in [0.2, 0.25) is 24.7 Å². The minimum absolute atomic E-state index is 0. The van der Waals surface area contributed by atoms with Gasteiger partial charge in [-0.25, -0.2) is 4.79 Å². The normalized spacial score (nSPS) is 17.9. The van der Waals surface area contributed by atoms with Crippen molar-refractivity contribution in [3.8, 4) is 16.9 Å². The van der Waals surface area contributed by atoms with Crippen LogP contribution in [0.25, 0.3) is 11.1 Å². The maximum Gasteiger partial charge on any atom is 0.333 e. The molecule has 0 aliphatic heterocycles. The van der Waals surface area contributed by atoms with Gasteiger partial charge in [-0.15, -0.1) is 0 Å². The van der Waals surface area contributed by atoms with E-state index in [1.165, 1.54) is 61.3 Å². The molecule has 5 heteroatoms. The summed E-state index contributed by atoms with van der Waals surface area (Å²) in [6.45, 7) is 13.5. The summed E-state index contributed by atoms with van der Waals surface area (Å²) in [6, 6.07) is 19.0. The van der Waals surface area contributed by atoms with Crippen LogP contribution in [-0.4, -0.2) is 39.0 Å². The Balaban J connectivity index is 0.00000560. The molecule has 2 aromatic carbocycles. The molecule has 1 fully saturated rings. The average molecular weight is 567 g/mol. The highest BCUT2D eigenvalue weighted by Gasteiger charge is 2.34. The standard InChI is InChI=1S/C34H50O4Si.CH4/c1-6-7-23-39(4,5)33-20-16-31(17-21-33)29-12-10-28(11-13-29)30-14-18-32(19-15-30)37-22-8-9-27(24-35)25-38-34(36)26(2)3;/h10-15,18-19,27,31,33,35H,2,6-9,16-17,20-25H2,1,3-5H3;1H4. The number of hydrogen-bond acceptors (Lipinski definition) is 4. The molecular weight excluding hydrogens is 512 g/mol. The van der Waals surface area contributed by atoms with Gasteiger partial charge in [0.25, 0.3) is 0 Å². The highest BCUT2D eigenvalue weighted by atomic mass is 28.3. The number of carbonyl (C=O) groups excluding carboxylic acids is 1. The highest BCUT2D eigenvalue weighted by Crippen LogP contribution is 2.45. The maximum atomic E-state index is 11.5. The summed E-state index contributed by atoms with van der Waals surface area (Å²) in [5.74, 6) is 1.06. The Morgan fingerprint density at radius 3 is 2.15 bits per heavy atom. The van der Waals surface area contributed by atoms with Crippen LogP contribution in [0.5, 0.6) is 5.75 Å². The Kier molecular flexibility index (Phi) is 14.2. The van der Waals surface area contributed by atoms with Crippen molar-refractivity contribution in [1.82, 2.24) is 0 Å². The molecule has 1 unspecified atom stereocenters. The van der Waals surface area contributed by atoms with Crippen LogP contribution in [0, 0.1) is 5.92 Å². The summed E-state index contributed by atoms with van der Waals surface area (Å²) in [4.78, 5) is 11.5. The molecule has 4 nitrogen and oxygen atoms in total. The molecule has 0 amide bonds. The predicted molar refractivity (Wildman–Crippen MR) is 172 cm³/mol. The third kappa shape index (κ3) is 10.2. The van der Waals surface area contributed by atoms with Crippen LogP contribution in [0.4, 0.5) is 0 Å². The van der Waals surface area contributed by atoms with Gasteiger partial charge in [0.05, 0.1) is 21.3 Å². The molecule has 0 heterocycles. The van der Waals surface area contributed by atoms with E-state index >= 15 is 0 Å². The number of rotatable bonds is 15. The van der Waals surface area contributed by atoms with Crippen LogP contribution < -0.4 is 4.74 Å². The lowest BCUT2D eigenvalue weighted by Gasteiger charge is -2.38. The minimum Gasteiger partial charge on any atom is -0.494 e. The zero-order valence-corrected chi connectivity index (χ0v) is 25.7. The van der Waals surface area contributed by atoms with Crippen molar-refractivity contribution < 1.29 is 19.4 Å². The molecule has 2 aromatic rings. The van der Waals surface area contributed by atoms with Gasteiger partial charge in [0.15, 0.2) is 0 Å². The third-order valence-electron chi connectivity index (χ3n) is 8.66. The van der Waals surface area contributed by atoms with E-state index in [2.05, 4.69) is 63.0 Å². The van der Waals surface area contributed by atoms with Crippen molar-refractivity contribution in [3.63, 3.8) is 0 Å². The second-order valence-electron chi connectivity index (χ2n) is 12.2. The van der Waals surface area contributed by atoms with Crippen LogP contribution in [0.3, 0.4) is 0 Å². The van der Waals surface area contributed by atoms with E-state index in [-0.39, 0.29) is 26.6 Å². The van der Waals surface area contributed by atoms with Gasteiger partial charge in [0, 0.05) is 18.1 Å². The van der Waals surface area contributed by atoms with Crippen molar-refractivity contribution in [1.29, 1.82) is 0 Å². The molecule has 1 saturated carbocycles. The molecule has 0 bridgehead atoms. The van der Waals surface area contributed by atoms with Gasteiger partial charge in [-0.1, -0.05) is 102 Å². The van der Waals surface area contributed by atoms with Crippen molar-refractivity contribution in [2.45, 2.75) is 103 Å². The molecular formula is C35H54O4Si. The van der Waals surface area contributed by atoms with Crippen LogP contribution in [0.1, 0.15) is 84.1 Å². The molecule has 40 heavy (non-hydrogen) atoms. The number of aliphatic hydroxyl groups excluding tert-OH is 1. The molecule has 1 N–H and O–H groups in total. The number of ether oxygens (including phenoxy) is 2. The number of hydrogen-bond donors (Lipinski definition) is 1. The van der Waals surface area contributed by atoms with Crippen molar-refractivity contribution >= 4 is 14.0 Å². The largest absolute Gasteiger partial charge is 0.494 e. The Hall–Kier alpha value is -2.37. The van der Waals surface area contributed by atoms with Crippen molar-refractivity contribution in [2.75, 3.05) is 19.8 Å². The quantitative estimate of drug-likeness (QED) is 0.101. The van der Waals surface area contributed by atoms with Gasteiger partial charge >= 0.3 is 5.97 Å². The zero-order chi connectivity index (χ0) is 28.3. The molecule has 0 spiro atoms. The van der Waals surface area contributed by atoms with Crippen molar-refractivity contribution in [2.24, 2.45) is 5.92 Å². The number of esters is 1. The smallest absolute Gasteiger partial charge is 0.333 e. The van der Waals surface area contributed by atoms with Gasteiger partial charge in [-0.05, 0) is 72.9 Å². The van der Waals surface area contributed by atoms with Crippen LogP contribution >= 0.6 is 0 Å². The first-order chi connectivity index (χ1) is 18.7. The van der Waals surface area contributed by atoms with E-state index in [1.54, 1.807) is 6.92 Å². The average Bonchev–Trinajstić information content (AvgIpc) is 2.96. The lowest BCUT2D eigenvalue weighted by atomic mass is 9.83. The molecule has 0 aromatic heterocycles. The topological polar surface area (TPSA) is 55.8 Å². The molecule has 0 saturated heterocycles. The van der Waals surface area contributed by atoms with E-state index in [0.717, 1.165) is 24.1 Å². The zero-order valence-electron chi connectivity index (χ0n) is 24.7. The summed E-state index contributed by atoms with van der Waals surface area (Å²) in [6.07, 6.45) is 9.77. The lowest BCUT2D eigenvalue weighted by Crippen LogP contribution is -2.34. The molecule has 0 radical (unpaired) electrons. The van der Waals surface area contributed by atoms with Gasteiger partial charge in [-0.3, -0.25) is 0 Å². The monoisotopic (exact) mass is 566 g/mol. The first kappa shape index (κ1) is 33.8. The second-order valence-corrected chi connectivity index (χ2v) is 17.5. The van der Waals surface area contributed by atoms with E-state index in [9.17, 15) is 9.90 Å². The fraction of sp³-hybridized carbons (Fsp3) is 0.571. The Bertz CT molecular complexity index is 1020. The maximum absolute atomic E-state index is 11.5. The lowest BCUT2D eigenvalue weighted by molar-refractivity contribution is -0.140. The minimum atomic E-state index is -1.08. The Morgan fingerprint density at radius 1 is 1.00 bits per heavy atom. The first-order valence-corrected chi connectivity index (χ1v) is 18.3. The highest BCUT2D eigenvalue weighted by molar-refractivity contribution is 6.78. The summed E-state index contributed by atoms with van der Waals surface area (Å²) >= 11 is 0. The van der Waals surface area contributed by atoms with Gasteiger partial charge in [-0.2, -0.15) is 0 Å². The number of carbonyl (C=O) groups is 1. The summed E-state index contributed by atoms with van der Waals surface area (Å²) in [5, 5.41) is 9.54. The van der Waals surface area contributed by atoms with Gasteiger partial charge < -0.3 is 14.6 Å². The Labute approximate surface area is 245 Å². The van der Waals surface area contributed by atoms with Gasteiger partial charge in [0.2, 0.25) is 0 Å². The Morgan fingerprint density at radius 2 is 1.60 bits per heavy atom. The van der Waals surface area contributed by atoms with Crippen LogP contribution in [0.15, 0.2) is 60.7 Å². The fourth-order valence-corrected chi connectivity index (χ4v) is 9.41. The number of aliphatic hydroxyl groups is 1. The molecule has 1 aliphatic rings. The molecule has 1 aliphatic carbocycles. The predicted octanol–water partition coefficient (Wildman–Crippen LogP) is 9.41. The number of benzene rings is 2. The number of unbranched alkanes of at least 4 members (excludes halogenated alkanes) is 1. The molecule has 1 atom stereocenters. The summed E-state index contributed by atoms with van der Waals surface area (Å²) < 4.78 is 11.1. The van der Waals surface area contributed by atoms with Gasteiger partial charge in [0.1, 0.15) is 5.75 Å². The molecule has 3 rings (SSSR count). The second kappa shape index (κ2) is 16.8. The fourth-order valence-electron chi connectivity index (χ4n) is 5.84. The van der Waals surface area contributed by atoms with E-state index in [1.807, 2.05) is 12.1 Å². The molecule has 222 valence electrons. The summed E-state index contributed by atoms with van der Waals surface area (Å²) in [7, 11) is -1.08. The summed E-state index contributed by atoms with van der Waals surface area (Å²) in [5.41, 5.74) is 5.31. The first-order valence-electron chi connectivity index (χ1n) is 15.0. The van der Waals surface area contributed by atoms with E-state index < -0.39 is 14.0 Å². The van der Waals surface area contributed by atoms with E-state index in [0.29, 0.717) is 18.1 Å². The van der Waals surface area contributed by atoms with E-state index in [4.69, 9.17) is 9.47 Å². The van der Waals surface area contributed by atoms with Crippen molar-refractivity contribution in [3.05, 3.63) is 66.2 Å². The third-order valence-corrected chi connectivity index (χ3v) is 13.1. The van der Waals surface area contributed by atoms with Crippen LogP contribution in [-0.2, 0) is 9.53 Å². The SMILES string of the molecule is C.C=C(C)C(=O)OCC(CO)CCCOc1ccc(-c2ccc(C3CCC([Si](C)(C)CCCC)CC3)cc2)cc1.